The van der Waals surface area contributed by atoms with Gasteiger partial charge in [0.15, 0.2) is 0 Å². The molecule has 2 aromatic heterocycles. The predicted octanol–water partition coefficient (Wildman–Crippen LogP) is 3.08. The number of thiazole rings is 1. The maximum Gasteiger partial charge on any atom is 0.143 e. The molecule has 1 aromatic carbocycles. The summed E-state index contributed by atoms with van der Waals surface area (Å²) in [5, 5.41) is 0.760. The lowest BCUT2D eigenvalue weighted by atomic mass is 10.2. The first-order valence-electron chi connectivity index (χ1n) is 5.01. The Morgan fingerprint density at radius 1 is 1.24 bits per heavy atom. The van der Waals surface area contributed by atoms with E-state index in [2.05, 4.69) is 9.97 Å². The van der Waals surface area contributed by atoms with Crippen molar-refractivity contribution in [3.63, 3.8) is 0 Å². The number of halogens is 1. The van der Waals surface area contributed by atoms with E-state index in [0.29, 0.717) is 5.69 Å². The van der Waals surface area contributed by atoms with E-state index in [1.807, 2.05) is 12.1 Å². The van der Waals surface area contributed by atoms with Crippen molar-refractivity contribution in [2.24, 2.45) is 0 Å². The third-order valence-electron chi connectivity index (χ3n) is 2.41. The minimum absolute atomic E-state index is 0.342. The van der Waals surface area contributed by atoms with Gasteiger partial charge >= 0.3 is 0 Å². The number of nitrogens with zero attached hydrogens (tertiary/aromatic N) is 2. The van der Waals surface area contributed by atoms with Crippen molar-refractivity contribution in [1.82, 2.24) is 9.97 Å². The normalized spacial score (nSPS) is 10.9. The predicted molar refractivity (Wildman–Crippen MR) is 67.2 cm³/mol. The zero-order valence-electron chi connectivity index (χ0n) is 8.72. The molecule has 0 aliphatic rings. The lowest BCUT2D eigenvalue weighted by molar-refractivity contribution is 0.628. The van der Waals surface area contributed by atoms with E-state index in [-0.39, 0.29) is 5.82 Å². The van der Waals surface area contributed by atoms with Gasteiger partial charge in [-0.15, -0.1) is 0 Å². The molecular formula is C12H8FN3S. The van der Waals surface area contributed by atoms with Crippen LogP contribution in [0.5, 0.6) is 0 Å². The quantitative estimate of drug-likeness (QED) is 0.670. The number of anilines is 1. The molecule has 0 radical (unpaired) electrons. The second-order valence-corrected chi connectivity index (χ2v) is 4.56. The molecule has 0 fully saturated rings. The van der Waals surface area contributed by atoms with Gasteiger partial charge in [-0.1, -0.05) is 11.3 Å². The monoisotopic (exact) mass is 245 g/mol. The first kappa shape index (κ1) is 10.2. The Bertz CT molecular complexity index is 660. The van der Waals surface area contributed by atoms with Crippen LogP contribution < -0.4 is 5.73 Å². The highest BCUT2D eigenvalue weighted by Gasteiger charge is 2.09. The molecular weight excluding hydrogens is 237 g/mol. The molecule has 3 rings (SSSR count). The summed E-state index contributed by atoms with van der Waals surface area (Å²) in [6.07, 6.45) is 1.72. The molecule has 3 aromatic rings. The van der Waals surface area contributed by atoms with Crippen LogP contribution in [0.15, 0.2) is 36.5 Å². The SMILES string of the molecule is Nc1cc(F)ccc1-c1nc2cccnc2s1. The summed E-state index contributed by atoms with van der Waals surface area (Å²) < 4.78 is 13.0. The lowest BCUT2D eigenvalue weighted by Crippen LogP contribution is -1.90. The lowest BCUT2D eigenvalue weighted by Gasteiger charge is -2.00. The Morgan fingerprint density at radius 3 is 2.88 bits per heavy atom. The van der Waals surface area contributed by atoms with E-state index in [1.54, 1.807) is 12.3 Å². The smallest absolute Gasteiger partial charge is 0.143 e. The number of rotatable bonds is 1. The van der Waals surface area contributed by atoms with Crippen molar-refractivity contribution in [2.45, 2.75) is 0 Å². The minimum atomic E-state index is -0.342. The Hall–Kier alpha value is -2.01. The zero-order chi connectivity index (χ0) is 11.8. The van der Waals surface area contributed by atoms with Crippen LogP contribution in [0, 0.1) is 5.82 Å². The third-order valence-corrected chi connectivity index (χ3v) is 3.42. The Morgan fingerprint density at radius 2 is 2.12 bits per heavy atom. The third kappa shape index (κ3) is 1.74. The number of aromatic nitrogens is 2. The van der Waals surface area contributed by atoms with E-state index in [4.69, 9.17) is 5.73 Å². The molecule has 0 aliphatic carbocycles. The second-order valence-electron chi connectivity index (χ2n) is 3.58. The molecule has 0 atom stereocenters. The van der Waals surface area contributed by atoms with Gasteiger partial charge < -0.3 is 5.73 Å². The molecule has 3 nitrogen and oxygen atoms in total. The highest BCUT2D eigenvalue weighted by Crippen LogP contribution is 2.32. The number of nitrogen functional groups attached to an aromatic ring is 1. The Kier molecular flexibility index (Phi) is 2.26. The van der Waals surface area contributed by atoms with Crippen LogP contribution in [-0.2, 0) is 0 Å². The van der Waals surface area contributed by atoms with Crippen LogP contribution in [-0.4, -0.2) is 9.97 Å². The van der Waals surface area contributed by atoms with Gasteiger partial charge in [0.05, 0.1) is 0 Å². The topological polar surface area (TPSA) is 51.8 Å². The number of benzene rings is 1. The largest absolute Gasteiger partial charge is 0.398 e. The van der Waals surface area contributed by atoms with Crippen LogP contribution >= 0.6 is 11.3 Å². The fourth-order valence-corrected chi connectivity index (χ4v) is 2.57. The van der Waals surface area contributed by atoms with Gasteiger partial charge in [0.25, 0.3) is 0 Å². The summed E-state index contributed by atoms with van der Waals surface area (Å²) in [5.74, 6) is -0.342. The highest BCUT2D eigenvalue weighted by molar-refractivity contribution is 7.21. The molecule has 0 unspecified atom stereocenters. The average Bonchev–Trinajstić information content (AvgIpc) is 2.72. The van der Waals surface area contributed by atoms with E-state index >= 15 is 0 Å². The molecule has 0 saturated heterocycles. The summed E-state index contributed by atoms with van der Waals surface area (Å²) in [5.41, 5.74) is 7.75. The Labute approximate surface area is 101 Å². The van der Waals surface area contributed by atoms with E-state index < -0.39 is 0 Å². The molecule has 0 bridgehead atoms. The summed E-state index contributed by atoms with van der Waals surface area (Å²) in [7, 11) is 0. The van der Waals surface area contributed by atoms with E-state index in [1.165, 1.54) is 23.5 Å². The van der Waals surface area contributed by atoms with Crippen LogP contribution in [0.2, 0.25) is 0 Å². The number of pyridine rings is 1. The molecule has 2 N–H and O–H groups in total. The maximum absolute atomic E-state index is 13.0. The molecule has 0 aliphatic heterocycles. The molecule has 2 heterocycles. The van der Waals surface area contributed by atoms with Crippen LogP contribution in [0.4, 0.5) is 10.1 Å². The van der Waals surface area contributed by atoms with Gasteiger partial charge in [0, 0.05) is 17.4 Å². The standard InChI is InChI=1S/C12H8FN3S/c13-7-3-4-8(9(14)6-7)11-16-10-2-1-5-15-12(10)17-11/h1-6H,14H2. The summed E-state index contributed by atoms with van der Waals surface area (Å²) in [6, 6.07) is 8.05. The highest BCUT2D eigenvalue weighted by atomic mass is 32.1. The van der Waals surface area contributed by atoms with Gasteiger partial charge in [-0.25, -0.2) is 14.4 Å². The van der Waals surface area contributed by atoms with Crippen molar-refractivity contribution < 1.29 is 4.39 Å². The fraction of sp³-hybridized carbons (Fsp3) is 0. The summed E-state index contributed by atoms with van der Waals surface area (Å²) in [6.45, 7) is 0. The van der Waals surface area contributed by atoms with Crippen molar-refractivity contribution in [3.05, 3.63) is 42.3 Å². The van der Waals surface area contributed by atoms with Crippen molar-refractivity contribution in [1.29, 1.82) is 0 Å². The van der Waals surface area contributed by atoms with Gasteiger partial charge in [-0.3, -0.25) is 0 Å². The number of hydrogen-bond acceptors (Lipinski definition) is 4. The number of hydrogen-bond donors (Lipinski definition) is 1. The van der Waals surface area contributed by atoms with Gasteiger partial charge in [-0.05, 0) is 30.3 Å². The zero-order valence-corrected chi connectivity index (χ0v) is 9.54. The maximum atomic E-state index is 13.0. The van der Waals surface area contributed by atoms with Crippen LogP contribution in [0.1, 0.15) is 0 Å². The molecule has 5 heteroatoms. The van der Waals surface area contributed by atoms with Gasteiger partial charge in [0.1, 0.15) is 21.2 Å². The first-order chi connectivity index (χ1) is 8.24. The second kappa shape index (κ2) is 3.78. The van der Waals surface area contributed by atoms with E-state index in [0.717, 1.165) is 20.9 Å². The summed E-state index contributed by atoms with van der Waals surface area (Å²) in [4.78, 5) is 9.50. The minimum Gasteiger partial charge on any atom is -0.398 e. The average molecular weight is 245 g/mol. The Balaban J connectivity index is 2.20. The molecule has 0 saturated carbocycles. The van der Waals surface area contributed by atoms with Crippen LogP contribution in [0.3, 0.4) is 0 Å². The fourth-order valence-electron chi connectivity index (χ4n) is 1.61. The molecule has 0 spiro atoms. The molecule has 0 amide bonds. The van der Waals surface area contributed by atoms with Crippen molar-refractivity contribution >= 4 is 27.4 Å². The van der Waals surface area contributed by atoms with Crippen LogP contribution in [0.25, 0.3) is 20.9 Å². The van der Waals surface area contributed by atoms with E-state index in [9.17, 15) is 4.39 Å². The van der Waals surface area contributed by atoms with Crippen molar-refractivity contribution in [3.8, 4) is 10.6 Å². The number of fused-ring (bicyclic) bond motifs is 1. The summed E-state index contributed by atoms with van der Waals surface area (Å²) >= 11 is 1.45. The van der Waals surface area contributed by atoms with Gasteiger partial charge in [-0.2, -0.15) is 0 Å². The number of nitrogens with two attached hydrogens (primary N) is 1. The van der Waals surface area contributed by atoms with Gasteiger partial charge in [0.2, 0.25) is 0 Å². The molecule has 84 valence electrons. The first-order valence-corrected chi connectivity index (χ1v) is 5.82. The molecule has 17 heavy (non-hydrogen) atoms. The van der Waals surface area contributed by atoms with Crippen molar-refractivity contribution in [2.75, 3.05) is 5.73 Å².